The molecule has 0 aliphatic rings. The lowest BCUT2D eigenvalue weighted by molar-refractivity contribution is -0.128. The van der Waals surface area contributed by atoms with Crippen LogP contribution in [-0.2, 0) is 11.3 Å². The first kappa shape index (κ1) is 15.9. The average molecular weight is 298 g/mol. The SMILES string of the molecule is COc1ccccc1CN(C)C(=O)CNc1cccc(C)c1. The molecular formula is C18H22N2O2. The van der Waals surface area contributed by atoms with Gasteiger partial charge in [0.25, 0.3) is 0 Å². The summed E-state index contributed by atoms with van der Waals surface area (Å²) < 4.78 is 5.31. The van der Waals surface area contributed by atoms with Crippen molar-refractivity contribution in [3.63, 3.8) is 0 Å². The number of anilines is 1. The maximum absolute atomic E-state index is 12.2. The summed E-state index contributed by atoms with van der Waals surface area (Å²) in [6.07, 6.45) is 0. The van der Waals surface area contributed by atoms with Gasteiger partial charge >= 0.3 is 0 Å². The largest absolute Gasteiger partial charge is 0.496 e. The molecule has 2 rings (SSSR count). The van der Waals surface area contributed by atoms with Gasteiger partial charge in [0.2, 0.25) is 5.91 Å². The molecule has 2 aromatic carbocycles. The Labute approximate surface area is 131 Å². The van der Waals surface area contributed by atoms with Crippen LogP contribution >= 0.6 is 0 Å². The Balaban J connectivity index is 1.92. The summed E-state index contributed by atoms with van der Waals surface area (Å²) in [4.78, 5) is 13.9. The van der Waals surface area contributed by atoms with E-state index < -0.39 is 0 Å². The standard InChI is InChI=1S/C18H22N2O2/c1-14-7-6-9-16(11-14)19-12-18(21)20(2)13-15-8-4-5-10-17(15)22-3/h4-11,19H,12-13H2,1-3H3. The Morgan fingerprint density at radius 1 is 1.18 bits per heavy atom. The Morgan fingerprint density at radius 3 is 2.68 bits per heavy atom. The van der Waals surface area contributed by atoms with Gasteiger partial charge in [-0.1, -0.05) is 30.3 Å². The molecule has 0 heterocycles. The smallest absolute Gasteiger partial charge is 0.241 e. The topological polar surface area (TPSA) is 41.6 Å². The van der Waals surface area contributed by atoms with Crippen LogP contribution in [0.2, 0.25) is 0 Å². The molecule has 0 aromatic heterocycles. The number of nitrogens with one attached hydrogen (secondary N) is 1. The van der Waals surface area contributed by atoms with Gasteiger partial charge in [-0.2, -0.15) is 0 Å². The first-order valence-corrected chi connectivity index (χ1v) is 7.26. The van der Waals surface area contributed by atoms with Crippen molar-refractivity contribution < 1.29 is 9.53 Å². The van der Waals surface area contributed by atoms with Gasteiger partial charge < -0.3 is 15.0 Å². The van der Waals surface area contributed by atoms with E-state index >= 15 is 0 Å². The lowest BCUT2D eigenvalue weighted by Crippen LogP contribution is -2.31. The van der Waals surface area contributed by atoms with E-state index in [0.29, 0.717) is 6.54 Å². The van der Waals surface area contributed by atoms with Crippen molar-refractivity contribution in [2.24, 2.45) is 0 Å². The van der Waals surface area contributed by atoms with E-state index in [1.165, 1.54) is 5.56 Å². The Kier molecular flexibility index (Phi) is 5.42. The quantitative estimate of drug-likeness (QED) is 0.891. The summed E-state index contributed by atoms with van der Waals surface area (Å²) in [6.45, 7) is 2.83. The zero-order chi connectivity index (χ0) is 15.9. The van der Waals surface area contributed by atoms with Crippen LogP contribution in [0, 0.1) is 6.92 Å². The van der Waals surface area contributed by atoms with Crippen LogP contribution in [0.5, 0.6) is 5.75 Å². The molecule has 0 unspecified atom stereocenters. The first-order chi connectivity index (χ1) is 10.6. The number of hydrogen-bond donors (Lipinski definition) is 1. The van der Waals surface area contributed by atoms with Crippen molar-refractivity contribution in [1.29, 1.82) is 0 Å². The van der Waals surface area contributed by atoms with Crippen molar-refractivity contribution in [2.45, 2.75) is 13.5 Å². The van der Waals surface area contributed by atoms with E-state index in [4.69, 9.17) is 4.74 Å². The lowest BCUT2D eigenvalue weighted by Gasteiger charge is -2.19. The van der Waals surface area contributed by atoms with Gasteiger partial charge in [-0.15, -0.1) is 0 Å². The average Bonchev–Trinajstić information content (AvgIpc) is 2.53. The molecule has 4 nitrogen and oxygen atoms in total. The Morgan fingerprint density at radius 2 is 1.95 bits per heavy atom. The number of benzene rings is 2. The summed E-state index contributed by atoms with van der Waals surface area (Å²) in [7, 11) is 3.44. The molecule has 0 atom stereocenters. The molecule has 22 heavy (non-hydrogen) atoms. The van der Waals surface area contributed by atoms with Crippen LogP contribution < -0.4 is 10.1 Å². The number of aryl methyl sites for hydroxylation is 1. The number of nitrogens with zero attached hydrogens (tertiary/aromatic N) is 1. The van der Waals surface area contributed by atoms with E-state index in [9.17, 15) is 4.79 Å². The van der Waals surface area contributed by atoms with E-state index in [1.807, 2.05) is 55.5 Å². The first-order valence-electron chi connectivity index (χ1n) is 7.26. The van der Waals surface area contributed by atoms with Crippen LogP contribution in [0.1, 0.15) is 11.1 Å². The molecule has 0 aliphatic carbocycles. The second-order valence-corrected chi connectivity index (χ2v) is 5.28. The van der Waals surface area contributed by atoms with Crippen LogP contribution in [0.4, 0.5) is 5.69 Å². The minimum Gasteiger partial charge on any atom is -0.496 e. The van der Waals surface area contributed by atoms with Crippen molar-refractivity contribution in [1.82, 2.24) is 4.90 Å². The van der Waals surface area contributed by atoms with E-state index in [1.54, 1.807) is 19.1 Å². The number of amides is 1. The fourth-order valence-electron chi connectivity index (χ4n) is 2.24. The highest BCUT2D eigenvalue weighted by Crippen LogP contribution is 2.18. The van der Waals surface area contributed by atoms with Gasteiger partial charge in [0.15, 0.2) is 0 Å². The van der Waals surface area contributed by atoms with Gasteiger partial charge in [-0.25, -0.2) is 0 Å². The molecule has 0 spiro atoms. The minimum absolute atomic E-state index is 0.0346. The van der Waals surface area contributed by atoms with Crippen molar-refractivity contribution in [3.8, 4) is 5.75 Å². The van der Waals surface area contributed by atoms with E-state index in [0.717, 1.165) is 17.0 Å². The molecule has 0 radical (unpaired) electrons. The summed E-state index contributed by atoms with van der Waals surface area (Å²) in [6, 6.07) is 15.7. The van der Waals surface area contributed by atoms with Crippen LogP contribution in [-0.4, -0.2) is 31.5 Å². The Bertz CT molecular complexity index is 640. The number of methoxy groups -OCH3 is 1. The third-order valence-electron chi connectivity index (χ3n) is 3.49. The molecule has 0 saturated carbocycles. The van der Waals surface area contributed by atoms with Crippen LogP contribution in [0.25, 0.3) is 0 Å². The number of rotatable bonds is 6. The van der Waals surface area contributed by atoms with Crippen molar-refractivity contribution in [2.75, 3.05) is 26.0 Å². The number of hydrogen-bond acceptors (Lipinski definition) is 3. The number of carbonyl (C=O) groups excluding carboxylic acids is 1. The maximum atomic E-state index is 12.2. The summed E-state index contributed by atoms with van der Waals surface area (Å²) in [5, 5.41) is 3.16. The molecule has 1 N–H and O–H groups in total. The third-order valence-corrected chi connectivity index (χ3v) is 3.49. The molecule has 2 aromatic rings. The fourth-order valence-corrected chi connectivity index (χ4v) is 2.24. The van der Waals surface area contributed by atoms with Gasteiger partial charge in [0, 0.05) is 24.8 Å². The maximum Gasteiger partial charge on any atom is 0.241 e. The molecule has 4 heteroatoms. The van der Waals surface area contributed by atoms with Gasteiger partial charge in [0.05, 0.1) is 13.7 Å². The second kappa shape index (κ2) is 7.50. The number of ether oxygens (including phenoxy) is 1. The normalized spacial score (nSPS) is 10.1. The number of likely N-dealkylation sites (N-methyl/N-ethyl adjacent to an activating group) is 1. The predicted octanol–water partition coefficient (Wildman–Crippen LogP) is 3.07. The van der Waals surface area contributed by atoms with Crippen molar-refractivity contribution >= 4 is 11.6 Å². The highest BCUT2D eigenvalue weighted by Gasteiger charge is 2.11. The molecule has 0 saturated heterocycles. The van der Waals surface area contributed by atoms with Gasteiger partial charge in [-0.05, 0) is 30.7 Å². The van der Waals surface area contributed by atoms with Gasteiger partial charge in [-0.3, -0.25) is 4.79 Å². The Hall–Kier alpha value is -2.49. The van der Waals surface area contributed by atoms with E-state index in [2.05, 4.69) is 5.32 Å². The zero-order valence-corrected chi connectivity index (χ0v) is 13.3. The monoisotopic (exact) mass is 298 g/mol. The lowest BCUT2D eigenvalue weighted by atomic mass is 10.2. The summed E-state index contributed by atoms with van der Waals surface area (Å²) in [5.41, 5.74) is 3.12. The predicted molar refractivity (Wildman–Crippen MR) is 89.1 cm³/mol. The highest BCUT2D eigenvalue weighted by molar-refractivity contribution is 5.80. The molecule has 0 bridgehead atoms. The van der Waals surface area contributed by atoms with E-state index in [-0.39, 0.29) is 12.5 Å². The highest BCUT2D eigenvalue weighted by atomic mass is 16.5. The fraction of sp³-hybridized carbons (Fsp3) is 0.278. The molecular weight excluding hydrogens is 276 g/mol. The zero-order valence-electron chi connectivity index (χ0n) is 13.3. The van der Waals surface area contributed by atoms with Crippen LogP contribution in [0.15, 0.2) is 48.5 Å². The third kappa shape index (κ3) is 4.25. The number of carbonyl (C=O) groups is 1. The molecule has 0 fully saturated rings. The summed E-state index contributed by atoms with van der Waals surface area (Å²) in [5.74, 6) is 0.834. The molecule has 1 amide bonds. The van der Waals surface area contributed by atoms with Crippen LogP contribution in [0.3, 0.4) is 0 Å². The van der Waals surface area contributed by atoms with Gasteiger partial charge in [0.1, 0.15) is 5.75 Å². The number of para-hydroxylation sites is 1. The summed E-state index contributed by atoms with van der Waals surface area (Å²) >= 11 is 0. The molecule has 0 aliphatic heterocycles. The molecule has 116 valence electrons. The second-order valence-electron chi connectivity index (χ2n) is 5.28. The van der Waals surface area contributed by atoms with Crippen molar-refractivity contribution in [3.05, 3.63) is 59.7 Å². The minimum atomic E-state index is 0.0346.